The van der Waals surface area contributed by atoms with E-state index in [1.807, 2.05) is 13.8 Å². The van der Waals surface area contributed by atoms with Gasteiger partial charge >= 0.3 is 5.97 Å². The van der Waals surface area contributed by atoms with Crippen LogP contribution in [0, 0.1) is 11.3 Å². The molecule has 1 rings (SSSR count). The largest absolute Gasteiger partial charge is 0.462 e. The average molecular weight is 659 g/mol. The van der Waals surface area contributed by atoms with Crippen LogP contribution in [0.25, 0.3) is 0 Å². The first-order chi connectivity index (χ1) is 22.8. The van der Waals surface area contributed by atoms with Crippen LogP contribution in [0.5, 0.6) is 0 Å². The summed E-state index contributed by atoms with van der Waals surface area (Å²) in [4.78, 5) is 22.4. The van der Waals surface area contributed by atoms with Gasteiger partial charge in [-0.05, 0) is 69.9 Å². The zero-order chi connectivity index (χ0) is 37.1. The van der Waals surface area contributed by atoms with Gasteiger partial charge in [0.25, 0.3) is 0 Å². The normalized spacial score (nSPS) is 18.4. The molecule has 0 bridgehead atoms. The quantitative estimate of drug-likeness (QED) is 0.102. The van der Waals surface area contributed by atoms with E-state index < -0.39 is 0 Å². The molecule has 0 saturated heterocycles. The fourth-order valence-electron chi connectivity index (χ4n) is 4.55. The summed E-state index contributed by atoms with van der Waals surface area (Å²) in [6.45, 7) is 27.5. The lowest BCUT2D eigenvalue weighted by molar-refractivity contribution is -0.150. The van der Waals surface area contributed by atoms with E-state index in [0.717, 1.165) is 38.2 Å². The van der Waals surface area contributed by atoms with Gasteiger partial charge in [-0.25, -0.2) is 0 Å². The number of hydrogen-bond donors (Lipinski definition) is 1. The molecule has 0 fully saturated rings. The van der Waals surface area contributed by atoms with Crippen molar-refractivity contribution in [1.29, 1.82) is 0 Å². The summed E-state index contributed by atoms with van der Waals surface area (Å²) in [5, 5.41) is 7.00. The van der Waals surface area contributed by atoms with E-state index in [4.69, 9.17) is 9.84 Å². The molecule has 4 nitrogen and oxygen atoms in total. The maximum Gasteiger partial charge on any atom is 0.306 e. The number of esters is 1. The number of aliphatic hydroxyl groups is 1. The Hall–Kier alpha value is -3.76. The molecule has 0 spiro atoms. The van der Waals surface area contributed by atoms with Gasteiger partial charge in [0.2, 0.25) is 0 Å². The van der Waals surface area contributed by atoms with E-state index in [2.05, 4.69) is 154 Å². The third-order valence-electron chi connectivity index (χ3n) is 8.03. The highest BCUT2D eigenvalue weighted by Crippen LogP contribution is 2.33. The molecule has 1 aliphatic carbocycles. The van der Waals surface area contributed by atoms with E-state index in [1.54, 1.807) is 0 Å². The van der Waals surface area contributed by atoms with Gasteiger partial charge in [0.05, 0.1) is 6.42 Å². The van der Waals surface area contributed by atoms with Crippen LogP contribution in [0.4, 0.5) is 0 Å². The summed E-state index contributed by atoms with van der Waals surface area (Å²) in [7, 11) is 1.00. The van der Waals surface area contributed by atoms with E-state index in [-0.39, 0.29) is 30.3 Å². The number of ether oxygens (including phenoxy) is 1. The second-order valence-electron chi connectivity index (χ2n) is 12.6. The highest BCUT2D eigenvalue weighted by Gasteiger charge is 2.26. The van der Waals surface area contributed by atoms with Gasteiger partial charge in [0.15, 0.2) is 0 Å². The smallest absolute Gasteiger partial charge is 0.306 e. The van der Waals surface area contributed by atoms with E-state index in [1.165, 1.54) is 33.4 Å². The maximum atomic E-state index is 11.9. The molecule has 1 N–H and O–H groups in total. The second-order valence-corrected chi connectivity index (χ2v) is 12.6. The Bertz CT molecular complexity index is 1300. The number of carbonyl (C=O) groups is 2. The van der Waals surface area contributed by atoms with Gasteiger partial charge in [0, 0.05) is 20.0 Å². The molecule has 0 aromatic carbocycles. The Labute approximate surface area is 294 Å². The highest BCUT2D eigenvalue weighted by atomic mass is 16.5. The van der Waals surface area contributed by atoms with Crippen LogP contribution in [0.1, 0.15) is 108 Å². The first-order valence-corrected chi connectivity index (χ1v) is 17.3. The molecule has 0 heterocycles. The first kappa shape index (κ1) is 46.4. The van der Waals surface area contributed by atoms with Crippen LogP contribution in [0.15, 0.2) is 131 Å². The van der Waals surface area contributed by atoms with Crippen molar-refractivity contribution >= 4 is 12.3 Å². The van der Waals surface area contributed by atoms with E-state index >= 15 is 0 Å². The lowest BCUT2D eigenvalue weighted by atomic mass is 9.82. The van der Waals surface area contributed by atoms with E-state index in [9.17, 15) is 9.59 Å². The standard InChI is InChI=1S/C41H56O3.C2H6.CH4O/c1-11-41(9,10)37(8)26-24-33(4)21-14-19-31(2)17-12-13-18-32(3)20-15-22-34(5)25-27-39-35(6)29-38(30-36(39)7)44-40(43)23-16-28-42;2*1-2/h12-15,17-22,24-28,35,38H,8,11,16,23,29-30H2,1-7,9-10H3;1-2H3;2H,1H3/b13-12+,19-14+,20-15+,26-24+,27-25+,31-17+,32-18+,33-21+,34-22+;;. The Balaban J connectivity index is 0. The van der Waals surface area contributed by atoms with Crippen molar-refractivity contribution in [1.82, 2.24) is 0 Å². The Morgan fingerprint density at radius 1 is 0.854 bits per heavy atom. The Kier molecular flexibility index (Phi) is 26.3. The Morgan fingerprint density at radius 3 is 1.81 bits per heavy atom. The third kappa shape index (κ3) is 21.2. The minimum atomic E-state index is -0.285. The molecule has 0 saturated carbocycles. The zero-order valence-electron chi connectivity index (χ0n) is 32.2. The molecule has 0 aromatic rings. The van der Waals surface area contributed by atoms with Gasteiger partial charge in [-0.3, -0.25) is 4.79 Å². The van der Waals surface area contributed by atoms with Crippen molar-refractivity contribution in [2.75, 3.05) is 7.11 Å². The van der Waals surface area contributed by atoms with Crippen LogP contribution < -0.4 is 0 Å². The molecule has 2 unspecified atom stereocenters. The average Bonchev–Trinajstić information content (AvgIpc) is 3.06. The number of aldehydes is 1. The van der Waals surface area contributed by atoms with E-state index in [0.29, 0.717) is 5.92 Å². The molecule has 2 atom stereocenters. The highest BCUT2D eigenvalue weighted by molar-refractivity contribution is 5.72. The molecule has 4 heteroatoms. The molecular formula is C44H66O4. The monoisotopic (exact) mass is 658 g/mol. The summed E-state index contributed by atoms with van der Waals surface area (Å²) in [6.07, 6.45) is 33.2. The van der Waals surface area contributed by atoms with Crippen molar-refractivity contribution in [2.24, 2.45) is 11.3 Å². The molecular weight excluding hydrogens is 592 g/mol. The first-order valence-electron chi connectivity index (χ1n) is 17.3. The number of allylic oxidation sites excluding steroid dienone is 20. The lowest BCUT2D eigenvalue weighted by Crippen LogP contribution is -2.26. The molecule has 48 heavy (non-hydrogen) atoms. The van der Waals surface area contributed by atoms with Gasteiger partial charge in [-0.2, -0.15) is 0 Å². The minimum Gasteiger partial charge on any atom is -0.462 e. The number of hydrogen-bond acceptors (Lipinski definition) is 4. The van der Waals surface area contributed by atoms with Gasteiger partial charge in [0.1, 0.15) is 12.4 Å². The summed E-state index contributed by atoms with van der Waals surface area (Å²) >= 11 is 0. The van der Waals surface area contributed by atoms with Gasteiger partial charge in [-0.15, -0.1) is 0 Å². The number of rotatable bonds is 16. The number of carbonyl (C=O) groups excluding carboxylic acids is 2. The molecule has 0 aromatic heterocycles. The summed E-state index contributed by atoms with van der Waals surface area (Å²) in [5.41, 5.74) is 8.56. The predicted molar refractivity (Wildman–Crippen MR) is 210 cm³/mol. The molecule has 0 radical (unpaired) electrons. The van der Waals surface area contributed by atoms with Crippen molar-refractivity contribution < 1.29 is 19.4 Å². The summed E-state index contributed by atoms with van der Waals surface area (Å²) < 4.78 is 5.58. The summed E-state index contributed by atoms with van der Waals surface area (Å²) in [5.74, 6) is 0.0242. The Morgan fingerprint density at radius 2 is 1.33 bits per heavy atom. The second kappa shape index (κ2) is 27.2. The van der Waals surface area contributed by atoms with Crippen molar-refractivity contribution in [3.63, 3.8) is 0 Å². The molecule has 0 aliphatic heterocycles. The fraction of sp³-hybridized carbons (Fsp3) is 0.455. The van der Waals surface area contributed by atoms with Crippen molar-refractivity contribution in [2.45, 2.75) is 114 Å². The lowest BCUT2D eigenvalue weighted by Gasteiger charge is -2.29. The minimum absolute atomic E-state index is 0.107. The molecule has 0 amide bonds. The fourth-order valence-corrected chi connectivity index (χ4v) is 4.55. The molecule has 266 valence electrons. The topological polar surface area (TPSA) is 63.6 Å². The van der Waals surface area contributed by atoms with Gasteiger partial charge < -0.3 is 14.6 Å². The molecule has 1 aliphatic rings. The van der Waals surface area contributed by atoms with Crippen molar-refractivity contribution in [3.05, 3.63) is 131 Å². The van der Waals surface area contributed by atoms with Crippen LogP contribution in [-0.4, -0.2) is 30.6 Å². The summed E-state index contributed by atoms with van der Waals surface area (Å²) in [6, 6.07) is 0. The maximum absolute atomic E-state index is 11.9. The predicted octanol–water partition coefficient (Wildman–Crippen LogP) is 11.8. The van der Waals surface area contributed by atoms with Crippen LogP contribution in [0.2, 0.25) is 0 Å². The van der Waals surface area contributed by atoms with Crippen LogP contribution in [0.3, 0.4) is 0 Å². The van der Waals surface area contributed by atoms with Crippen LogP contribution in [-0.2, 0) is 14.3 Å². The SMILES string of the molecule is C=C(/C=C/C(C)=C/C=C/C(C)=C/C=C/C=C(C)/C=C/C=C(C)/C=C/C1=C(C)CC(OC(=O)CCC=O)CC1C)C(C)(C)CC.CC.CO. The zero-order valence-corrected chi connectivity index (χ0v) is 32.2. The van der Waals surface area contributed by atoms with Gasteiger partial charge in [-0.1, -0.05) is 161 Å². The number of aliphatic hydroxyl groups excluding tert-OH is 1. The van der Waals surface area contributed by atoms with Crippen LogP contribution >= 0.6 is 0 Å². The van der Waals surface area contributed by atoms with Crippen molar-refractivity contribution in [3.8, 4) is 0 Å². The third-order valence-corrected chi connectivity index (χ3v) is 8.03.